The first-order valence-corrected chi connectivity index (χ1v) is 6.66. The average molecular weight is 268 g/mol. The topological polar surface area (TPSA) is 42.4 Å². The molecule has 0 fully saturated rings. The van der Waals surface area contributed by atoms with Crippen molar-refractivity contribution in [2.24, 2.45) is 0 Å². The Labute approximate surface area is 118 Å². The number of benzene rings is 1. The summed E-state index contributed by atoms with van der Waals surface area (Å²) in [5, 5.41) is 0. The zero-order valence-electron chi connectivity index (χ0n) is 11.6. The molecule has 20 heavy (non-hydrogen) atoms. The van der Waals surface area contributed by atoms with Gasteiger partial charge in [-0.1, -0.05) is 6.07 Å². The molecule has 4 heteroatoms. The lowest BCUT2D eigenvalue weighted by molar-refractivity contribution is -0.117. The summed E-state index contributed by atoms with van der Waals surface area (Å²) in [6.45, 7) is 2.57. The van der Waals surface area contributed by atoms with E-state index in [-0.39, 0.29) is 5.91 Å². The first-order chi connectivity index (χ1) is 9.69. The van der Waals surface area contributed by atoms with Crippen molar-refractivity contribution in [2.75, 3.05) is 18.6 Å². The van der Waals surface area contributed by atoms with E-state index >= 15 is 0 Å². The number of pyridine rings is 1. The normalized spacial score (nSPS) is 13.5. The maximum absolute atomic E-state index is 11.7. The summed E-state index contributed by atoms with van der Waals surface area (Å²) < 4.78 is 5.47. The molecule has 4 nitrogen and oxygen atoms in total. The summed E-state index contributed by atoms with van der Waals surface area (Å²) in [5.74, 6) is 0.900. The number of ether oxygens (including phenoxy) is 1. The Bertz CT molecular complexity index is 667. The van der Waals surface area contributed by atoms with Gasteiger partial charge in [0.1, 0.15) is 5.75 Å². The molecule has 0 unspecified atom stereocenters. The molecule has 1 aliphatic heterocycles. The lowest BCUT2D eigenvalue weighted by atomic mass is 10.0. The summed E-state index contributed by atoms with van der Waals surface area (Å²) in [6, 6.07) is 8.03. The van der Waals surface area contributed by atoms with E-state index in [0.29, 0.717) is 13.0 Å². The van der Waals surface area contributed by atoms with Crippen LogP contribution in [0.5, 0.6) is 5.75 Å². The molecule has 0 saturated heterocycles. The first kappa shape index (κ1) is 12.7. The Kier molecular flexibility index (Phi) is 3.14. The molecule has 2 aromatic rings. The number of likely N-dealkylation sites (N-methyl/N-ethyl adjacent to an activating group) is 1. The van der Waals surface area contributed by atoms with Crippen LogP contribution in [0.4, 0.5) is 5.69 Å². The Morgan fingerprint density at radius 3 is 2.90 bits per heavy atom. The SMILES string of the molecule is CCOc1cncc(-c2ccc3c(c2)CC(=O)N3C)c1. The van der Waals surface area contributed by atoms with Crippen molar-refractivity contribution < 1.29 is 9.53 Å². The van der Waals surface area contributed by atoms with Gasteiger partial charge < -0.3 is 9.64 Å². The molecule has 3 rings (SSSR count). The Hall–Kier alpha value is -2.36. The average Bonchev–Trinajstić information content (AvgIpc) is 2.74. The van der Waals surface area contributed by atoms with Gasteiger partial charge in [-0.25, -0.2) is 0 Å². The number of nitrogens with zero attached hydrogens (tertiary/aromatic N) is 2. The van der Waals surface area contributed by atoms with Gasteiger partial charge in [-0.3, -0.25) is 9.78 Å². The van der Waals surface area contributed by atoms with Crippen LogP contribution in [-0.2, 0) is 11.2 Å². The fourth-order valence-electron chi connectivity index (χ4n) is 2.47. The maximum atomic E-state index is 11.7. The second-order valence-electron chi connectivity index (χ2n) is 4.82. The van der Waals surface area contributed by atoms with Gasteiger partial charge in [0.15, 0.2) is 0 Å². The Balaban J connectivity index is 1.98. The summed E-state index contributed by atoms with van der Waals surface area (Å²) in [6.07, 6.45) is 3.99. The lowest BCUT2D eigenvalue weighted by Gasteiger charge is -2.11. The molecule has 0 atom stereocenters. The summed E-state index contributed by atoms with van der Waals surface area (Å²) >= 11 is 0. The number of carbonyl (C=O) groups is 1. The minimum atomic E-state index is 0.137. The number of fused-ring (bicyclic) bond motifs is 1. The van der Waals surface area contributed by atoms with Crippen molar-refractivity contribution in [1.29, 1.82) is 0 Å². The fraction of sp³-hybridized carbons (Fsp3) is 0.250. The number of aromatic nitrogens is 1. The van der Waals surface area contributed by atoms with Gasteiger partial charge in [0.25, 0.3) is 0 Å². The predicted molar refractivity (Wildman–Crippen MR) is 78.0 cm³/mol. The van der Waals surface area contributed by atoms with Crippen LogP contribution < -0.4 is 9.64 Å². The zero-order valence-corrected chi connectivity index (χ0v) is 11.6. The second kappa shape index (κ2) is 4.96. The summed E-state index contributed by atoms with van der Waals surface area (Å²) in [5.41, 5.74) is 4.12. The molecule has 0 aliphatic carbocycles. The van der Waals surface area contributed by atoms with Gasteiger partial charge in [0.05, 0.1) is 19.2 Å². The number of carbonyl (C=O) groups excluding carboxylic acids is 1. The molecule has 0 bridgehead atoms. The van der Waals surface area contributed by atoms with E-state index in [1.807, 2.05) is 38.4 Å². The van der Waals surface area contributed by atoms with E-state index in [1.54, 1.807) is 11.1 Å². The highest BCUT2D eigenvalue weighted by molar-refractivity contribution is 6.01. The number of amides is 1. The summed E-state index contributed by atoms with van der Waals surface area (Å²) in [7, 11) is 1.81. The molecular weight excluding hydrogens is 252 g/mol. The van der Waals surface area contributed by atoms with E-state index in [4.69, 9.17) is 4.74 Å². The van der Waals surface area contributed by atoms with Gasteiger partial charge in [-0.2, -0.15) is 0 Å². The van der Waals surface area contributed by atoms with E-state index in [1.165, 1.54) is 0 Å². The van der Waals surface area contributed by atoms with Gasteiger partial charge >= 0.3 is 0 Å². The standard InChI is InChI=1S/C16H16N2O2/c1-3-20-14-7-13(9-17-10-14)11-4-5-15-12(6-11)8-16(19)18(15)2/h4-7,9-10H,3,8H2,1-2H3. The number of hydrogen-bond acceptors (Lipinski definition) is 3. The molecule has 1 amide bonds. The molecule has 1 aromatic carbocycles. The minimum absolute atomic E-state index is 0.137. The second-order valence-corrected chi connectivity index (χ2v) is 4.82. The minimum Gasteiger partial charge on any atom is -0.492 e. The zero-order chi connectivity index (χ0) is 14.1. The molecule has 0 spiro atoms. The van der Waals surface area contributed by atoms with Crippen LogP contribution in [0.1, 0.15) is 12.5 Å². The molecule has 0 saturated carbocycles. The van der Waals surface area contributed by atoms with E-state index in [2.05, 4.69) is 11.1 Å². The smallest absolute Gasteiger partial charge is 0.231 e. The third-order valence-electron chi connectivity index (χ3n) is 3.51. The molecule has 2 heterocycles. The van der Waals surface area contributed by atoms with Crippen LogP contribution in [-0.4, -0.2) is 24.5 Å². The quantitative estimate of drug-likeness (QED) is 0.859. The van der Waals surface area contributed by atoms with Gasteiger partial charge in [0, 0.05) is 24.5 Å². The third-order valence-corrected chi connectivity index (χ3v) is 3.51. The van der Waals surface area contributed by atoms with Gasteiger partial charge in [-0.15, -0.1) is 0 Å². The van der Waals surface area contributed by atoms with E-state index < -0.39 is 0 Å². The van der Waals surface area contributed by atoms with Crippen molar-refractivity contribution in [1.82, 2.24) is 4.98 Å². The van der Waals surface area contributed by atoms with Crippen molar-refractivity contribution in [3.05, 3.63) is 42.2 Å². The highest BCUT2D eigenvalue weighted by atomic mass is 16.5. The third kappa shape index (κ3) is 2.13. The molecule has 0 N–H and O–H groups in total. The summed E-state index contributed by atoms with van der Waals surface area (Å²) in [4.78, 5) is 17.6. The van der Waals surface area contributed by atoms with Crippen LogP contribution in [0.25, 0.3) is 11.1 Å². The number of hydrogen-bond donors (Lipinski definition) is 0. The largest absolute Gasteiger partial charge is 0.492 e. The fourth-order valence-corrected chi connectivity index (χ4v) is 2.47. The van der Waals surface area contributed by atoms with Crippen LogP contribution in [0.15, 0.2) is 36.7 Å². The predicted octanol–water partition coefficient (Wildman–Crippen LogP) is 2.67. The van der Waals surface area contributed by atoms with Crippen molar-refractivity contribution in [3.8, 4) is 16.9 Å². The molecule has 1 aliphatic rings. The van der Waals surface area contributed by atoms with Crippen molar-refractivity contribution in [3.63, 3.8) is 0 Å². The Morgan fingerprint density at radius 1 is 1.25 bits per heavy atom. The molecular formula is C16H16N2O2. The first-order valence-electron chi connectivity index (χ1n) is 6.66. The van der Waals surface area contributed by atoms with Crippen LogP contribution in [0, 0.1) is 0 Å². The monoisotopic (exact) mass is 268 g/mol. The Morgan fingerprint density at radius 2 is 2.10 bits per heavy atom. The van der Waals surface area contributed by atoms with Crippen LogP contribution in [0.2, 0.25) is 0 Å². The van der Waals surface area contributed by atoms with Crippen molar-refractivity contribution >= 4 is 11.6 Å². The number of rotatable bonds is 3. The van der Waals surface area contributed by atoms with E-state index in [0.717, 1.165) is 28.1 Å². The maximum Gasteiger partial charge on any atom is 0.231 e. The van der Waals surface area contributed by atoms with Gasteiger partial charge in [-0.05, 0) is 36.2 Å². The lowest BCUT2D eigenvalue weighted by Crippen LogP contribution is -2.20. The van der Waals surface area contributed by atoms with E-state index in [9.17, 15) is 4.79 Å². The van der Waals surface area contributed by atoms with Crippen LogP contribution >= 0.6 is 0 Å². The highest BCUT2D eigenvalue weighted by Gasteiger charge is 2.23. The number of anilines is 1. The molecule has 102 valence electrons. The highest BCUT2D eigenvalue weighted by Crippen LogP contribution is 2.32. The molecule has 1 aromatic heterocycles. The molecule has 0 radical (unpaired) electrons. The van der Waals surface area contributed by atoms with Crippen molar-refractivity contribution in [2.45, 2.75) is 13.3 Å². The van der Waals surface area contributed by atoms with Gasteiger partial charge in [0.2, 0.25) is 5.91 Å². The van der Waals surface area contributed by atoms with Crippen LogP contribution in [0.3, 0.4) is 0 Å².